The van der Waals surface area contributed by atoms with E-state index in [0.717, 1.165) is 6.54 Å². The average Bonchev–Trinajstić information content (AvgIpc) is 2.56. The smallest absolute Gasteiger partial charge is 0.170 e. The fourth-order valence-corrected chi connectivity index (χ4v) is 1.35. The largest absolute Gasteiger partial charge is 0.474 e. The summed E-state index contributed by atoms with van der Waals surface area (Å²) in [4.78, 5) is 4.02. The van der Waals surface area contributed by atoms with Gasteiger partial charge in [0.05, 0.1) is 6.54 Å². The Labute approximate surface area is 71.9 Å². The molecule has 0 N–H and O–H groups in total. The zero-order valence-electron chi connectivity index (χ0n) is 7.03. The monoisotopic (exact) mass is 161 g/mol. The lowest BCUT2D eigenvalue weighted by atomic mass is 10.1. The fourth-order valence-electron chi connectivity index (χ4n) is 1.35. The molecular formula is C10H11NO. The van der Waals surface area contributed by atoms with E-state index in [0.29, 0.717) is 0 Å². The molecule has 0 amide bonds. The third-order valence-electron chi connectivity index (χ3n) is 1.98. The minimum atomic E-state index is 0.143. The first-order valence-electron chi connectivity index (χ1n) is 4.06. The summed E-state index contributed by atoms with van der Waals surface area (Å²) in [7, 11) is 0. The summed E-state index contributed by atoms with van der Waals surface area (Å²) in [5.74, 6) is 0. The summed E-state index contributed by atoms with van der Waals surface area (Å²) in [6, 6.07) is 8.34. The molecule has 1 atom stereocenters. The Morgan fingerprint density at radius 1 is 1.50 bits per heavy atom. The van der Waals surface area contributed by atoms with Crippen LogP contribution in [0.1, 0.15) is 17.2 Å². The van der Waals surface area contributed by atoms with Gasteiger partial charge >= 0.3 is 0 Å². The Morgan fingerprint density at radius 2 is 2.42 bits per heavy atom. The highest BCUT2D eigenvalue weighted by atomic mass is 16.5. The summed E-state index contributed by atoms with van der Waals surface area (Å²) < 4.78 is 5.30. The van der Waals surface area contributed by atoms with Gasteiger partial charge in [0.15, 0.2) is 6.40 Å². The van der Waals surface area contributed by atoms with E-state index in [1.54, 1.807) is 0 Å². The van der Waals surface area contributed by atoms with E-state index in [-0.39, 0.29) is 6.10 Å². The highest BCUT2D eigenvalue weighted by Gasteiger charge is 2.14. The zero-order chi connectivity index (χ0) is 8.39. The van der Waals surface area contributed by atoms with Crippen LogP contribution in [0.3, 0.4) is 0 Å². The molecule has 0 spiro atoms. The summed E-state index contributed by atoms with van der Waals surface area (Å²) in [5.41, 5.74) is 2.48. The van der Waals surface area contributed by atoms with Crippen molar-refractivity contribution < 1.29 is 4.74 Å². The molecule has 0 aromatic heterocycles. The van der Waals surface area contributed by atoms with Crippen LogP contribution in [0.15, 0.2) is 29.3 Å². The summed E-state index contributed by atoms with van der Waals surface area (Å²) in [5, 5.41) is 0. The molecule has 0 bridgehead atoms. The topological polar surface area (TPSA) is 21.6 Å². The van der Waals surface area contributed by atoms with E-state index >= 15 is 0 Å². The third kappa shape index (κ3) is 1.33. The van der Waals surface area contributed by atoms with Gasteiger partial charge in [0.25, 0.3) is 0 Å². The summed E-state index contributed by atoms with van der Waals surface area (Å²) >= 11 is 0. The van der Waals surface area contributed by atoms with Crippen LogP contribution in [-0.2, 0) is 4.74 Å². The van der Waals surface area contributed by atoms with Gasteiger partial charge in [0.1, 0.15) is 6.10 Å². The number of ether oxygens (including phenoxy) is 1. The molecule has 2 heteroatoms. The van der Waals surface area contributed by atoms with Gasteiger partial charge in [0, 0.05) is 0 Å². The van der Waals surface area contributed by atoms with Crippen molar-refractivity contribution in [3.05, 3.63) is 35.4 Å². The standard InChI is InChI=1S/C10H11NO/c1-8-3-2-4-9(5-8)10-6-11-7-12-10/h2-5,7,10H,6H2,1H3. The maximum absolute atomic E-state index is 5.30. The lowest BCUT2D eigenvalue weighted by molar-refractivity contribution is 0.240. The van der Waals surface area contributed by atoms with Crippen LogP contribution in [0.2, 0.25) is 0 Å². The van der Waals surface area contributed by atoms with Crippen molar-refractivity contribution in [1.82, 2.24) is 0 Å². The molecular weight excluding hydrogens is 150 g/mol. The Hall–Kier alpha value is -1.31. The molecule has 0 saturated heterocycles. The van der Waals surface area contributed by atoms with Crippen LogP contribution in [0.5, 0.6) is 0 Å². The minimum absolute atomic E-state index is 0.143. The minimum Gasteiger partial charge on any atom is -0.474 e. The molecule has 1 aliphatic heterocycles. The van der Waals surface area contributed by atoms with Crippen molar-refractivity contribution in [1.29, 1.82) is 0 Å². The number of hydrogen-bond acceptors (Lipinski definition) is 2. The molecule has 1 heterocycles. The van der Waals surface area contributed by atoms with Crippen molar-refractivity contribution >= 4 is 6.40 Å². The average molecular weight is 161 g/mol. The van der Waals surface area contributed by atoms with Gasteiger partial charge < -0.3 is 4.74 Å². The first-order valence-corrected chi connectivity index (χ1v) is 4.06. The third-order valence-corrected chi connectivity index (χ3v) is 1.98. The SMILES string of the molecule is Cc1cccc(C2CN=CO2)c1. The molecule has 1 aromatic carbocycles. The maximum atomic E-state index is 5.30. The quantitative estimate of drug-likeness (QED) is 0.618. The predicted molar refractivity (Wildman–Crippen MR) is 48.4 cm³/mol. The van der Waals surface area contributed by atoms with Gasteiger partial charge in [-0.2, -0.15) is 0 Å². The van der Waals surface area contributed by atoms with Crippen molar-refractivity contribution in [2.75, 3.05) is 6.54 Å². The van der Waals surface area contributed by atoms with Gasteiger partial charge in [-0.15, -0.1) is 0 Å². The molecule has 0 saturated carbocycles. The van der Waals surface area contributed by atoms with Crippen LogP contribution in [0.4, 0.5) is 0 Å². The number of hydrogen-bond donors (Lipinski definition) is 0. The normalized spacial score (nSPS) is 20.9. The number of benzene rings is 1. The lowest BCUT2D eigenvalue weighted by Gasteiger charge is -2.08. The number of rotatable bonds is 1. The van der Waals surface area contributed by atoms with Crippen molar-refractivity contribution in [2.45, 2.75) is 13.0 Å². The van der Waals surface area contributed by atoms with Crippen LogP contribution in [-0.4, -0.2) is 12.9 Å². The van der Waals surface area contributed by atoms with Gasteiger partial charge in [-0.05, 0) is 12.5 Å². The van der Waals surface area contributed by atoms with E-state index in [1.807, 2.05) is 6.07 Å². The molecule has 1 unspecified atom stereocenters. The number of aliphatic imine (C=N–C) groups is 1. The zero-order valence-corrected chi connectivity index (χ0v) is 7.03. The number of nitrogens with zero attached hydrogens (tertiary/aromatic N) is 1. The second-order valence-corrected chi connectivity index (χ2v) is 3.01. The first kappa shape index (κ1) is 7.35. The van der Waals surface area contributed by atoms with Crippen molar-refractivity contribution in [2.24, 2.45) is 4.99 Å². The maximum Gasteiger partial charge on any atom is 0.170 e. The molecule has 12 heavy (non-hydrogen) atoms. The molecule has 62 valence electrons. The summed E-state index contributed by atoms with van der Waals surface area (Å²) in [6.07, 6.45) is 1.68. The molecule has 2 nitrogen and oxygen atoms in total. The second-order valence-electron chi connectivity index (χ2n) is 3.01. The van der Waals surface area contributed by atoms with E-state index < -0.39 is 0 Å². The van der Waals surface area contributed by atoms with Crippen LogP contribution in [0, 0.1) is 6.92 Å². The molecule has 0 radical (unpaired) electrons. The molecule has 0 fully saturated rings. The molecule has 2 rings (SSSR count). The Balaban J connectivity index is 2.22. The van der Waals surface area contributed by atoms with Gasteiger partial charge in [-0.25, -0.2) is 0 Å². The predicted octanol–water partition coefficient (Wildman–Crippen LogP) is 2.09. The van der Waals surface area contributed by atoms with Gasteiger partial charge in [-0.1, -0.05) is 29.8 Å². The highest BCUT2D eigenvalue weighted by molar-refractivity contribution is 5.50. The van der Waals surface area contributed by atoms with Crippen LogP contribution >= 0.6 is 0 Å². The summed E-state index contributed by atoms with van der Waals surface area (Å²) in [6.45, 7) is 2.84. The van der Waals surface area contributed by atoms with Gasteiger partial charge in [-0.3, -0.25) is 4.99 Å². The van der Waals surface area contributed by atoms with E-state index in [4.69, 9.17) is 4.74 Å². The van der Waals surface area contributed by atoms with Gasteiger partial charge in [0.2, 0.25) is 0 Å². The van der Waals surface area contributed by atoms with E-state index in [2.05, 4.69) is 30.1 Å². The first-order chi connectivity index (χ1) is 5.86. The van der Waals surface area contributed by atoms with Crippen molar-refractivity contribution in [3.8, 4) is 0 Å². The van der Waals surface area contributed by atoms with E-state index in [9.17, 15) is 0 Å². The van der Waals surface area contributed by atoms with Crippen LogP contribution in [0.25, 0.3) is 0 Å². The lowest BCUT2D eigenvalue weighted by Crippen LogP contribution is -2.00. The Kier molecular flexibility index (Phi) is 1.82. The highest BCUT2D eigenvalue weighted by Crippen LogP contribution is 2.20. The number of aryl methyl sites for hydroxylation is 1. The molecule has 1 aliphatic rings. The molecule has 0 aliphatic carbocycles. The Bertz CT molecular complexity index is 298. The fraction of sp³-hybridized carbons (Fsp3) is 0.300. The molecule has 1 aromatic rings. The van der Waals surface area contributed by atoms with E-state index in [1.165, 1.54) is 17.5 Å². The van der Waals surface area contributed by atoms with Crippen molar-refractivity contribution in [3.63, 3.8) is 0 Å². The van der Waals surface area contributed by atoms with Crippen LogP contribution < -0.4 is 0 Å². The Morgan fingerprint density at radius 3 is 3.08 bits per heavy atom. The second kappa shape index (κ2) is 2.97.